The van der Waals surface area contributed by atoms with E-state index in [0.29, 0.717) is 0 Å². The second-order valence-electron chi connectivity index (χ2n) is 6.44. The third kappa shape index (κ3) is 3.15. The van der Waals surface area contributed by atoms with Gasteiger partial charge in [0, 0.05) is 26.2 Å². The van der Waals surface area contributed by atoms with Crippen LogP contribution in [0.4, 0.5) is 0 Å². The highest BCUT2D eigenvalue weighted by Crippen LogP contribution is 2.24. The number of rotatable bonds is 3. The molecule has 122 valence electrons. The summed E-state index contributed by atoms with van der Waals surface area (Å²) in [5.41, 5.74) is 2.71. The van der Waals surface area contributed by atoms with Crippen molar-refractivity contribution in [3.8, 4) is 5.69 Å². The molecule has 0 saturated carbocycles. The SMILES string of the molecule is CC(C)c1c(C(=O)N2CCN(C)CC2)cnn1-c1ccccc1. The van der Waals surface area contributed by atoms with Crippen LogP contribution in [0.2, 0.25) is 0 Å². The van der Waals surface area contributed by atoms with Crippen LogP contribution < -0.4 is 0 Å². The van der Waals surface area contributed by atoms with Crippen molar-refractivity contribution in [1.82, 2.24) is 19.6 Å². The standard InChI is InChI=1S/C18H24N4O/c1-14(2)17-16(18(23)21-11-9-20(3)10-12-21)13-19-22(17)15-7-5-4-6-8-15/h4-8,13-14H,9-12H2,1-3H3. The van der Waals surface area contributed by atoms with E-state index in [-0.39, 0.29) is 11.8 Å². The van der Waals surface area contributed by atoms with Crippen molar-refractivity contribution in [1.29, 1.82) is 0 Å². The van der Waals surface area contributed by atoms with Crippen molar-refractivity contribution >= 4 is 5.91 Å². The molecule has 1 saturated heterocycles. The topological polar surface area (TPSA) is 41.4 Å². The summed E-state index contributed by atoms with van der Waals surface area (Å²) in [4.78, 5) is 17.1. The van der Waals surface area contributed by atoms with Gasteiger partial charge in [0.2, 0.25) is 0 Å². The Morgan fingerprint density at radius 3 is 2.35 bits per heavy atom. The third-order valence-corrected chi connectivity index (χ3v) is 4.37. The molecule has 1 fully saturated rings. The van der Waals surface area contributed by atoms with Crippen molar-refractivity contribution < 1.29 is 4.79 Å². The van der Waals surface area contributed by atoms with Gasteiger partial charge in [-0.25, -0.2) is 4.68 Å². The zero-order valence-electron chi connectivity index (χ0n) is 14.1. The number of piperazine rings is 1. The Morgan fingerprint density at radius 1 is 1.09 bits per heavy atom. The Labute approximate surface area is 137 Å². The molecule has 2 heterocycles. The van der Waals surface area contributed by atoms with E-state index in [2.05, 4.69) is 30.9 Å². The van der Waals surface area contributed by atoms with Gasteiger partial charge in [0.1, 0.15) is 0 Å². The molecule has 0 aliphatic carbocycles. The van der Waals surface area contributed by atoms with Crippen molar-refractivity contribution in [3.63, 3.8) is 0 Å². The molecule has 2 aromatic rings. The molecule has 3 rings (SSSR count). The van der Waals surface area contributed by atoms with E-state index in [4.69, 9.17) is 0 Å². The van der Waals surface area contributed by atoms with Crippen LogP contribution in [0.25, 0.3) is 5.69 Å². The fraction of sp³-hybridized carbons (Fsp3) is 0.444. The smallest absolute Gasteiger partial charge is 0.257 e. The van der Waals surface area contributed by atoms with E-state index in [1.165, 1.54) is 0 Å². The summed E-state index contributed by atoms with van der Waals surface area (Å²) in [6, 6.07) is 10.00. The van der Waals surface area contributed by atoms with Crippen LogP contribution in [-0.4, -0.2) is 58.7 Å². The molecule has 5 nitrogen and oxygen atoms in total. The lowest BCUT2D eigenvalue weighted by atomic mass is 10.0. The molecule has 1 aromatic heterocycles. The van der Waals surface area contributed by atoms with Crippen LogP contribution in [-0.2, 0) is 0 Å². The molecular formula is C18H24N4O. The highest BCUT2D eigenvalue weighted by atomic mass is 16.2. The molecule has 1 amide bonds. The fourth-order valence-corrected chi connectivity index (χ4v) is 3.03. The number of likely N-dealkylation sites (N-methyl/N-ethyl adjacent to an activating group) is 1. The zero-order chi connectivity index (χ0) is 16.4. The maximum Gasteiger partial charge on any atom is 0.257 e. The highest BCUT2D eigenvalue weighted by molar-refractivity contribution is 5.95. The monoisotopic (exact) mass is 312 g/mol. The van der Waals surface area contributed by atoms with Gasteiger partial charge in [-0.15, -0.1) is 0 Å². The van der Waals surface area contributed by atoms with E-state index in [9.17, 15) is 4.79 Å². The average Bonchev–Trinajstić information content (AvgIpc) is 3.01. The largest absolute Gasteiger partial charge is 0.336 e. The molecule has 0 atom stereocenters. The van der Waals surface area contributed by atoms with Crippen LogP contribution in [0, 0.1) is 0 Å². The molecule has 0 radical (unpaired) electrons. The van der Waals surface area contributed by atoms with Crippen LogP contribution >= 0.6 is 0 Å². The Hall–Kier alpha value is -2.14. The number of aromatic nitrogens is 2. The lowest BCUT2D eigenvalue weighted by Gasteiger charge is -2.32. The predicted octanol–water partition coefficient (Wildman–Crippen LogP) is 2.38. The van der Waals surface area contributed by atoms with Crippen LogP contribution in [0.5, 0.6) is 0 Å². The summed E-state index contributed by atoms with van der Waals surface area (Å²) in [6.45, 7) is 7.63. The van der Waals surface area contributed by atoms with Crippen molar-refractivity contribution in [3.05, 3.63) is 47.8 Å². The number of nitrogens with zero attached hydrogens (tertiary/aromatic N) is 4. The van der Waals surface area contributed by atoms with Crippen LogP contribution in [0.15, 0.2) is 36.5 Å². The number of carbonyl (C=O) groups is 1. The maximum atomic E-state index is 12.9. The van der Waals surface area contributed by atoms with Gasteiger partial charge in [0.25, 0.3) is 5.91 Å². The van der Waals surface area contributed by atoms with Gasteiger partial charge in [-0.1, -0.05) is 32.0 Å². The second-order valence-corrected chi connectivity index (χ2v) is 6.44. The van der Waals surface area contributed by atoms with Gasteiger partial charge >= 0.3 is 0 Å². The number of carbonyl (C=O) groups excluding carboxylic acids is 1. The molecule has 1 aromatic carbocycles. The first-order valence-corrected chi connectivity index (χ1v) is 8.19. The molecule has 0 spiro atoms. The van der Waals surface area contributed by atoms with E-state index in [0.717, 1.165) is 43.1 Å². The first-order chi connectivity index (χ1) is 11.1. The molecule has 0 unspecified atom stereocenters. The minimum Gasteiger partial charge on any atom is -0.336 e. The first-order valence-electron chi connectivity index (χ1n) is 8.19. The number of hydrogen-bond donors (Lipinski definition) is 0. The Morgan fingerprint density at radius 2 is 1.74 bits per heavy atom. The summed E-state index contributed by atoms with van der Waals surface area (Å²) in [5, 5.41) is 4.50. The Bertz CT molecular complexity index is 670. The van der Waals surface area contributed by atoms with Crippen LogP contribution in [0.1, 0.15) is 35.8 Å². The van der Waals surface area contributed by atoms with Gasteiger partial charge < -0.3 is 9.80 Å². The lowest BCUT2D eigenvalue weighted by Crippen LogP contribution is -2.47. The van der Waals surface area contributed by atoms with Gasteiger partial charge in [-0.05, 0) is 25.1 Å². The zero-order valence-corrected chi connectivity index (χ0v) is 14.1. The fourth-order valence-electron chi connectivity index (χ4n) is 3.03. The second kappa shape index (κ2) is 6.54. The number of para-hydroxylation sites is 1. The summed E-state index contributed by atoms with van der Waals surface area (Å²) >= 11 is 0. The number of hydrogen-bond acceptors (Lipinski definition) is 3. The highest BCUT2D eigenvalue weighted by Gasteiger charge is 2.26. The summed E-state index contributed by atoms with van der Waals surface area (Å²) in [6.07, 6.45) is 1.73. The van der Waals surface area contributed by atoms with Gasteiger partial charge in [-0.3, -0.25) is 4.79 Å². The normalized spacial score (nSPS) is 16.1. The minimum absolute atomic E-state index is 0.101. The summed E-state index contributed by atoms with van der Waals surface area (Å²) in [7, 11) is 2.09. The summed E-state index contributed by atoms with van der Waals surface area (Å²) in [5.74, 6) is 0.327. The van der Waals surface area contributed by atoms with Gasteiger partial charge in [0.05, 0.1) is 23.1 Å². The molecule has 23 heavy (non-hydrogen) atoms. The van der Waals surface area contributed by atoms with Gasteiger partial charge in [0.15, 0.2) is 0 Å². The third-order valence-electron chi connectivity index (χ3n) is 4.37. The Balaban J connectivity index is 1.94. The van der Waals surface area contributed by atoms with E-state index >= 15 is 0 Å². The summed E-state index contributed by atoms with van der Waals surface area (Å²) < 4.78 is 1.90. The quantitative estimate of drug-likeness (QED) is 0.874. The van der Waals surface area contributed by atoms with Gasteiger partial charge in [-0.2, -0.15) is 5.10 Å². The van der Waals surface area contributed by atoms with Crippen molar-refractivity contribution in [2.75, 3.05) is 33.2 Å². The average molecular weight is 312 g/mol. The Kier molecular flexibility index (Phi) is 4.48. The first kappa shape index (κ1) is 15.7. The molecular weight excluding hydrogens is 288 g/mol. The molecule has 5 heteroatoms. The van der Waals surface area contributed by atoms with E-state index in [1.807, 2.05) is 39.9 Å². The van der Waals surface area contributed by atoms with E-state index in [1.54, 1.807) is 6.20 Å². The molecule has 1 aliphatic heterocycles. The lowest BCUT2D eigenvalue weighted by molar-refractivity contribution is 0.0662. The molecule has 1 aliphatic rings. The molecule has 0 N–H and O–H groups in total. The van der Waals surface area contributed by atoms with Crippen molar-refractivity contribution in [2.24, 2.45) is 0 Å². The maximum absolute atomic E-state index is 12.9. The number of amides is 1. The van der Waals surface area contributed by atoms with E-state index < -0.39 is 0 Å². The number of benzene rings is 1. The van der Waals surface area contributed by atoms with Crippen LogP contribution in [0.3, 0.4) is 0 Å². The minimum atomic E-state index is 0.101. The predicted molar refractivity (Wildman–Crippen MR) is 91.1 cm³/mol. The van der Waals surface area contributed by atoms with Crippen molar-refractivity contribution in [2.45, 2.75) is 19.8 Å². The molecule has 0 bridgehead atoms.